The van der Waals surface area contributed by atoms with E-state index in [2.05, 4.69) is 70.0 Å². The standard InChI is InChI=1S/C4H6N2S2.3HI.V/c1-5-6-4(7-2)8-3;;;;/h2-3H3;3*1H;/q;;;;+3/p-3. The van der Waals surface area contributed by atoms with Gasteiger partial charge in [0.2, 0.25) is 4.38 Å². The Labute approximate surface area is 119 Å². The van der Waals surface area contributed by atoms with Crippen molar-refractivity contribution in [3.8, 4) is 0 Å². The third-order valence-corrected chi connectivity index (χ3v) is 2.34. The monoisotopic (exact) mass is 578 g/mol. The molecule has 0 aromatic heterocycles. The molecule has 0 saturated heterocycles. The van der Waals surface area contributed by atoms with Crippen molar-refractivity contribution in [1.82, 2.24) is 0 Å². The fourth-order valence-electron chi connectivity index (χ4n) is 0.206. The zero-order valence-electron chi connectivity index (χ0n) is 6.29. The Morgan fingerprint density at radius 1 is 1.33 bits per heavy atom. The maximum atomic E-state index is 6.35. The van der Waals surface area contributed by atoms with Crippen LogP contribution in [0.3, 0.4) is 0 Å². The van der Waals surface area contributed by atoms with Crippen LogP contribution in [0.4, 0.5) is 0 Å². The van der Waals surface area contributed by atoms with Crippen LogP contribution in [-0.4, -0.2) is 16.9 Å². The summed E-state index contributed by atoms with van der Waals surface area (Å²) in [5, 5.41) is 3.50. The summed E-state index contributed by atoms with van der Waals surface area (Å²) in [6.45, 7) is 6.35. The molecule has 0 heterocycles. The number of hydrogen-bond acceptors (Lipinski definition) is 3. The maximum absolute atomic E-state index is 6.35. The van der Waals surface area contributed by atoms with Crippen molar-refractivity contribution >= 4 is 87.8 Å². The quantitative estimate of drug-likeness (QED) is 0.138. The van der Waals surface area contributed by atoms with Gasteiger partial charge in [-0.1, -0.05) is 23.5 Å². The van der Waals surface area contributed by atoms with E-state index in [0.717, 1.165) is 4.38 Å². The first-order valence-electron chi connectivity index (χ1n) is 2.38. The molecule has 0 radical (unpaired) electrons. The van der Waals surface area contributed by atoms with Gasteiger partial charge in [0, 0.05) is 0 Å². The minimum absolute atomic E-state index is 0.278. The van der Waals surface area contributed by atoms with Gasteiger partial charge in [-0.25, -0.2) is 0 Å². The molecule has 0 atom stereocenters. The van der Waals surface area contributed by atoms with Gasteiger partial charge in [0.15, 0.2) is 0 Å². The summed E-state index contributed by atoms with van der Waals surface area (Å²) in [6.07, 6.45) is 3.81. The topological polar surface area (TPSA) is 16.7 Å². The average molecular weight is 578 g/mol. The molecule has 0 bridgehead atoms. The SMILES string of the molecule is [C-]#[N+]N=C(SC)SC.[I][V]([I])[I]. The molecule has 12 heavy (non-hydrogen) atoms. The molecule has 8 heteroatoms. The first-order valence-corrected chi connectivity index (χ1v) is 18.3. The molecule has 0 aliphatic heterocycles. The van der Waals surface area contributed by atoms with Crippen molar-refractivity contribution in [1.29, 1.82) is 0 Å². The predicted molar refractivity (Wildman–Crippen MR) is 83.1 cm³/mol. The summed E-state index contributed by atoms with van der Waals surface area (Å²) in [5.74, 6) is 0. The van der Waals surface area contributed by atoms with E-state index >= 15 is 0 Å². The number of rotatable bonds is 0. The van der Waals surface area contributed by atoms with E-state index in [-0.39, 0.29) is 4.92 Å². The van der Waals surface area contributed by atoms with Crippen molar-refractivity contribution in [3.05, 3.63) is 11.5 Å². The Balaban J connectivity index is 0. The normalized spacial score (nSPS) is 8.08. The third-order valence-electron chi connectivity index (χ3n) is 0.481. The third kappa shape index (κ3) is 18.4. The van der Waals surface area contributed by atoms with Crippen molar-refractivity contribution in [2.45, 2.75) is 0 Å². The van der Waals surface area contributed by atoms with Gasteiger partial charge in [-0.05, 0) is 12.5 Å². The summed E-state index contributed by atoms with van der Waals surface area (Å²) in [6, 6.07) is 0. The molecule has 0 spiro atoms. The molecule has 0 rings (SSSR count). The summed E-state index contributed by atoms with van der Waals surface area (Å²) in [4.78, 5) is 2.60. The summed E-state index contributed by atoms with van der Waals surface area (Å²) in [7, 11) is 0. The van der Waals surface area contributed by atoms with Crippen LogP contribution in [0.1, 0.15) is 0 Å². The van der Waals surface area contributed by atoms with Crippen molar-refractivity contribution in [3.63, 3.8) is 0 Å². The van der Waals surface area contributed by atoms with Crippen LogP contribution < -0.4 is 0 Å². The van der Waals surface area contributed by atoms with Crippen LogP contribution in [0.5, 0.6) is 0 Å². The second kappa shape index (κ2) is 13.6. The van der Waals surface area contributed by atoms with Gasteiger partial charge in [0.25, 0.3) is 0 Å². The van der Waals surface area contributed by atoms with Crippen LogP contribution in [0.15, 0.2) is 5.10 Å². The van der Waals surface area contributed by atoms with Crippen molar-refractivity contribution in [2.24, 2.45) is 5.10 Å². The van der Waals surface area contributed by atoms with Gasteiger partial charge in [-0.15, -0.1) is 4.95 Å². The molecular weight excluding hydrogens is 572 g/mol. The summed E-state index contributed by atoms with van der Waals surface area (Å²) in [5.41, 5.74) is 0. The fourth-order valence-corrected chi connectivity index (χ4v) is 1.12. The Morgan fingerprint density at radius 3 is 1.75 bits per heavy atom. The molecule has 70 valence electrons. The molecule has 0 fully saturated rings. The van der Waals surface area contributed by atoms with E-state index in [4.69, 9.17) is 6.57 Å². The first-order chi connectivity index (χ1) is 5.58. The Bertz CT molecular complexity index is 161. The fraction of sp³-hybridized carbons (Fsp3) is 0.500. The molecule has 0 saturated carbocycles. The van der Waals surface area contributed by atoms with Crippen LogP contribution in [0, 0.1) is 6.57 Å². The van der Waals surface area contributed by atoms with Crippen LogP contribution >= 0.6 is 83.5 Å². The molecular formula is C4H6I3N2S2V. The predicted octanol–water partition coefficient (Wildman–Crippen LogP) is 4.56. The zero-order valence-corrected chi connectivity index (χ0v) is 15.8. The van der Waals surface area contributed by atoms with Crippen molar-refractivity contribution < 1.29 is 4.92 Å². The van der Waals surface area contributed by atoms with Crippen LogP contribution in [0.25, 0.3) is 4.95 Å². The average Bonchev–Trinajstić information content (AvgIpc) is 1.99. The van der Waals surface area contributed by atoms with Gasteiger partial charge in [0.05, 0.1) is 0 Å². The van der Waals surface area contributed by atoms with Gasteiger partial charge in [-0.2, -0.15) is 6.57 Å². The zero-order chi connectivity index (χ0) is 9.98. The Kier molecular flexibility index (Phi) is 19.4. The van der Waals surface area contributed by atoms with E-state index in [1.54, 1.807) is 0 Å². The van der Waals surface area contributed by atoms with E-state index < -0.39 is 0 Å². The summed E-state index contributed by atoms with van der Waals surface area (Å²) < 4.78 is 0.819. The Hall–Kier alpha value is 2.63. The Morgan fingerprint density at radius 2 is 1.67 bits per heavy atom. The molecule has 0 N–H and O–H groups in total. The first kappa shape index (κ1) is 17.0. The second-order valence-electron chi connectivity index (χ2n) is 1.07. The van der Waals surface area contributed by atoms with E-state index in [0.29, 0.717) is 0 Å². The van der Waals surface area contributed by atoms with Gasteiger partial charge in [-0.3, -0.25) is 0 Å². The summed E-state index contributed by atoms with van der Waals surface area (Å²) >= 11 is 10.4. The van der Waals surface area contributed by atoms with Crippen LogP contribution in [-0.2, 0) is 4.92 Å². The van der Waals surface area contributed by atoms with Gasteiger partial charge < -0.3 is 0 Å². The molecule has 0 unspecified atom stereocenters. The van der Waals surface area contributed by atoms with E-state index in [1.807, 2.05) is 12.5 Å². The van der Waals surface area contributed by atoms with Crippen LogP contribution in [0.2, 0.25) is 0 Å². The molecule has 2 nitrogen and oxygen atoms in total. The number of halogens is 3. The second-order valence-corrected chi connectivity index (χ2v) is 38.3. The minimum atomic E-state index is -0.278. The molecule has 0 amide bonds. The van der Waals surface area contributed by atoms with Gasteiger partial charge in [0.1, 0.15) is 5.10 Å². The molecule has 0 aromatic carbocycles. The van der Waals surface area contributed by atoms with Crippen molar-refractivity contribution in [2.75, 3.05) is 12.5 Å². The number of thioether (sulfide) groups is 2. The molecule has 0 aliphatic rings. The number of hydrogen-bond donors (Lipinski definition) is 0. The van der Waals surface area contributed by atoms with E-state index in [1.165, 1.54) is 23.5 Å². The molecule has 0 aromatic rings. The van der Waals surface area contributed by atoms with E-state index in [9.17, 15) is 0 Å². The van der Waals surface area contributed by atoms with Gasteiger partial charge >= 0.3 is 64.9 Å². The number of nitrogens with zero attached hydrogens (tertiary/aromatic N) is 2. The molecule has 0 aliphatic carbocycles.